The summed E-state index contributed by atoms with van der Waals surface area (Å²) in [6.07, 6.45) is 1.66. The van der Waals surface area contributed by atoms with Crippen molar-refractivity contribution in [2.45, 2.75) is 20.8 Å². The second kappa shape index (κ2) is 5.91. The van der Waals surface area contributed by atoms with Crippen LogP contribution in [0.25, 0.3) is 22.3 Å². The summed E-state index contributed by atoms with van der Waals surface area (Å²) >= 11 is 0. The molecule has 4 rings (SSSR count). The lowest BCUT2D eigenvalue weighted by Gasteiger charge is -2.11. The van der Waals surface area contributed by atoms with Crippen molar-refractivity contribution < 1.29 is 4.39 Å². The minimum atomic E-state index is -0.361. The van der Waals surface area contributed by atoms with Crippen LogP contribution >= 0.6 is 0 Å². The Labute approximate surface area is 149 Å². The van der Waals surface area contributed by atoms with Gasteiger partial charge in [-0.05, 0) is 62.2 Å². The molecule has 2 aromatic heterocycles. The number of aromatic nitrogens is 4. The number of hydrogen-bond acceptors (Lipinski definition) is 3. The number of hydrogen-bond donors (Lipinski definition) is 0. The molecule has 0 aliphatic carbocycles. The number of fused-ring (bicyclic) bond motifs is 1. The molecule has 0 bridgehead atoms. The van der Waals surface area contributed by atoms with E-state index in [0.29, 0.717) is 22.3 Å². The maximum Gasteiger partial charge on any atom is 0.298 e. The fourth-order valence-corrected chi connectivity index (χ4v) is 3.07. The smallest absolute Gasteiger partial charge is 0.265 e. The first-order chi connectivity index (χ1) is 12.5. The lowest BCUT2D eigenvalue weighted by atomic mass is 10.1. The molecular weight excluding hydrogens is 331 g/mol. The molecule has 0 saturated carbocycles. The quantitative estimate of drug-likeness (QED) is 0.556. The van der Waals surface area contributed by atoms with E-state index >= 15 is 0 Å². The van der Waals surface area contributed by atoms with Crippen LogP contribution < -0.4 is 5.56 Å². The Morgan fingerprint density at radius 3 is 2.42 bits per heavy atom. The van der Waals surface area contributed by atoms with Gasteiger partial charge in [0.05, 0.1) is 23.3 Å². The first kappa shape index (κ1) is 16.2. The van der Waals surface area contributed by atoms with Gasteiger partial charge in [-0.1, -0.05) is 12.1 Å². The van der Waals surface area contributed by atoms with Crippen LogP contribution in [0, 0.1) is 26.6 Å². The minimum Gasteiger partial charge on any atom is -0.265 e. The average Bonchev–Trinajstić information content (AvgIpc) is 3.07. The predicted molar refractivity (Wildman–Crippen MR) is 98.6 cm³/mol. The summed E-state index contributed by atoms with van der Waals surface area (Å²) in [6, 6.07) is 11.6. The highest BCUT2D eigenvalue weighted by Crippen LogP contribution is 2.22. The van der Waals surface area contributed by atoms with E-state index in [2.05, 4.69) is 10.2 Å². The summed E-state index contributed by atoms with van der Waals surface area (Å²) in [4.78, 5) is 13.2. The highest BCUT2D eigenvalue weighted by Gasteiger charge is 2.17. The van der Waals surface area contributed by atoms with Gasteiger partial charge in [0.25, 0.3) is 5.56 Å². The number of rotatable bonds is 2. The lowest BCUT2D eigenvalue weighted by molar-refractivity contribution is 0.626. The van der Waals surface area contributed by atoms with E-state index in [4.69, 9.17) is 0 Å². The van der Waals surface area contributed by atoms with Crippen LogP contribution in [-0.4, -0.2) is 19.6 Å². The molecule has 26 heavy (non-hydrogen) atoms. The van der Waals surface area contributed by atoms with Gasteiger partial charge in [-0.25, -0.2) is 9.07 Å². The summed E-state index contributed by atoms with van der Waals surface area (Å²) in [5, 5.41) is 9.52. The van der Waals surface area contributed by atoms with Crippen molar-refractivity contribution in [1.29, 1.82) is 0 Å². The van der Waals surface area contributed by atoms with Crippen molar-refractivity contribution in [2.75, 3.05) is 0 Å². The molecule has 4 aromatic rings. The average molecular weight is 348 g/mol. The molecule has 130 valence electrons. The van der Waals surface area contributed by atoms with Gasteiger partial charge in [0.15, 0.2) is 0 Å². The molecule has 2 heterocycles. The number of aryl methyl sites for hydroxylation is 2. The number of benzene rings is 2. The fourth-order valence-electron chi connectivity index (χ4n) is 3.07. The second-order valence-corrected chi connectivity index (χ2v) is 6.32. The van der Waals surface area contributed by atoms with Crippen molar-refractivity contribution in [3.63, 3.8) is 0 Å². The van der Waals surface area contributed by atoms with Crippen molar-refractivity contribution in [3.8, 4) is 11.4 Å². The van der Waals surface area contributed by atoms with Gasteiger partial charge >= 0.3 is 0 Å². The van der Waals surface area contributed by atoms with E-state index in [1.807, 2.05) is 39.0 Å². The van der Waals surface area contributed by atoms with E-state index in [9.17, 15) is 9.18 Å². The van der Waals surface area contributed by atoms with Crippen molar-refractivity contribution in [1.82, 2.24) is 19.6 Å². The summed E-state index contributed by atoms with van der Waals surface area (Å²) in [7, 11) is 0. The first-order valence-electron chi connectivity index (χ1n) is 8.27. The SMILES string of the molecule is Cc1cccc(-n2ncc3c(C)nn(-c4ccc(F)cc4)c(=O)c32)c1C. The molecule has 0 atom stereocenters. The summed E-state index contributed by atoms with van der Waals surface area (Å²) in [5.41, 5.74) is 4.38. The molecule has 0 unspecified atom stereocenters. The Kier molecular flexibility index (Phi) is 3.68. The molecule has 0 saturated heterocycles. The molecular formula is C20H17FN4O. The van der Waals surface area contributed by atoms with E-state index in [-0.39, 0.29) is 11.4 Å². The maximum absolute atomic E-state index is 13.2. The summed E-state index contributed by atoms with van der Waals surface area (Å²) < 4.78 is 16.2. The molecule has 0 aliphatic rings. The molecule has 6 heteroatoms. The topological polar surface area (TPSA) is 52.7 Å². The Hall–Kier alpha value is -3.28. The standard InChI is InChI=1S/C20H17FN4O/c1-12-5-4-6-18(13(12)2)25-19-17(11-22-25)14(3)23-24(20(19)26)16-9-7-15(21)8-10-16/h4-11H,1-3H3. The van der Waals surface area contributed by atoms with Crippen LogP contribution in [0.5, 0.6) is 0 Å². The van der Waals surface area contributed by atoms with Crippen LogP contribution in [0.2, 0.25) is 0 Å². The third-order valence-corrected chi connectivity index (χ3v) is 4.68. The summed E-state index contributed by atoms with van der Waals surface area (Å²) in [5.74, 6) is -0.361. The molecule has 0 aliphatic heterocycles. The number of nitrogens with zero attached hydrogens (tertiary/aromatic N) is 4. The van der Waals surface area contributed by atoms with Crippen molar-refractivity contribution in [3.05, 3.63) is 81.7 Å². The minimum absolute atomic E-state index is 0.296. The molecule has 0 N–H and O–H groups in total. The molecule has 0 spiro atoms. The van der Waals surface area contributed by atoms with Gasteiger partial charge in [0.1, 0.15) is 11.3 Å². The summed E-state index contributed by atoms with van der Waals surface area (Å²) in [6.45, 7) is 5.86. The Balaban J connectivity index is 2.05. The lowest BCUT2D eigenvalue weighted by Crippen LogP contribution is -2.24. The zero-order valence-corrected chi connectivity index (χ0v) is 14.7. The predicted octanol–water partition coefficient (Wildman–Crippen LogP) is 3.64. The highest BCUT2D eigenvalue weighted by atomic mass is 19.1. The fraction of sp³-hybridized carbons (Fsp3) is 0.150. The van der Waals surface area contributed by atoms with Gasteiger partial charge < -0.3 is 0 Å². The Bertz CT molecular complexity index is 1190. The van der Waals surface area contributed by atoms with Crippen LogP contribution in [0.3, 0.4) is 0 Å². The molecule has 0 radical (unpaired) electrons. The highest BCUT2D eigenvalue weighted by molar-refractivity contribution is 5.81. The third kappa shape index (κ3) is 2.42. The molecule has 0 amide bonds. The number of halogens is 1. The van der Waals surface area contributed by atoms with Gasteiger partial charge in [-0.3, -0.25) is 4.79 Å². The maximum atomic E-state index is 13.2. The largest absolute Gasteiger partial charge is 0.298 e. The van der Waals surface area contributed by atoms with Gasteiger partial charge in [0.2, 0.25) is 0 Å². The van der Waals surface area contributed by atoms with Crippen LogP contribution in [0.1, 0.15) is 16.8 Å². The van der Waals surface area contributed by atoms with Crippen LogP contribution in [-0.2, 0) is 0 Å². The zero-order valence-electron chi connectivity index (χ0n) is 14.7. The van der Waals surface area contributed by atoms with E-state index < -0.39 is 0 Å². The van der Waals surface area contributed by atoms with Crippen LogP contribution in [0.4, 0.5) is 4.39 Å². The van der Waals surface area contributed by atoms with Crippen molar-refractivity contribution >= 4 is 10.9 Å². The Morgan fingerprint density at radius 1 is 0.962 bits per heavy atom. The molecule has 0 fully saturated rings. The first-order valence-corrected chi connectivity index (χ1v) is 8.27. The molecule has 2 aromatic carbocycles. The normalized spacial score (nSPS) is 11.2. The van der Waals surface area contributed by atoms with E-state index in [1.54, 1.807) is 10.9 Å². The monoisotopic (exact) mass is 348 g/mol. The molecule has 5 nitrogen and oxygen atoms in total. The van der Waals surface area contributed by atoms with E-state index in [1.165, 1.54) is 28.9 Å². The van der Waals surface area contributed by atoms with Gasteiger partial charge in [-0.2, -0.15) is 14.9 Å². The van der Waals surface area contributed by atoms with Crippen LogP contribution in [0.15, 0.2) is 53.5 Å². The Morgan fingerprint density at radius 2 is 1.69 bits per heavy atom. The van der Waals surface area contributed by atoms with Crippen molar-refractivity contribution in [2.24, 2.45) is 0 Å². The third-order valence-electron chi connectivity index (χ3n) is 4.68. The van der Waals surface area contributed by atoms with Gasteiger partial charge in [0, 0.05) is 5.39 Å². The zero-order chi connectivity index (χ0) is 18.4. The second-order valence-electron chi connectivity index (χ2n) is 6.32. The van der Waals surface area contributed by atoms with Gasteiger partial charge in [-0.15, -0.1) is 0 Å². The van der Waals surface area contributed by atoms with E-state index in [0.717, 1.165) is 16.8 Å².